The van der Waals surface area contributed by atoms with Crippen LogP contribution in [-0.4, -0.2) is 12.0 Å². The van der Waals surface area contributed by atoms with Crippen molar-refractivity contribution in [3.63, 3.8) is 0 Å². The minimum absolute atomic E-state index is 0. The average Bonchev–Trinajstić information content (AvgIpc) is 2.47. The molecule has 0 amide bonds. The van der Waals surface area contributed by atoms with Gasteiger partial charge in [0.15, 0.2) is 0 Å². The van der Waals surface area contributed by atoms with Gasteiger partial charge in [0.05, 0.1) is 15.7 Å². The smallest absolute Gasteiger partial charge is 0.445 e. The third-order valence-electron chi connectivity index (χ3n) is 1.73. The molecule has 0 aliphatic carbocycles. The molecule has 14 heavy (non-hydrogen) atoms. The molecule has 0 saturated heterocycles. The molecule has 2 rings (SSSR count). The minimum Gasteiger partial charge on any atom is -0.445 e. The Hall–Kier alpha value is 0.601. The third kappa shape index (κ3) is 2.59. The molecule has 0 spiro atoms. The summed E-state index contributed by atoms with van der Waals surface area (Å²) < 4.78 is 37.6. The van der Waals surface area contributed by atoms with Crippen molar-refractivity contribution in [2.45, 2.75) is 0 Å². The number of nitrogens with zero attached hydrogens (tertiary/aromatic N) is 1. The number of hydrogen-bond acceptors (Lipinski definition) is 2. The number of benzene rings is 1. The Balaban J connectivity index is 0.000000980. The largest absolute Gasteiger partial charge is 1.00 e. The van der Waals surface area contributed by atoms with Crippen LogP contribution in [0, 0.1) is 0 Å². The zero-order valence-corrected chi connectivity index (χ0v) is 11.3. The molecule has 0 fully saturated rings. The van der Waals surface area contributed by atoms with Crippen LogP contribution in [0.4, 0.5) is 12.9 Å². The van der Waals surface area contributed by atoms with E-state index in [-0.39, 0.29) is 51.4 Å². The summed E-state index contributed by atoms with van der Waals surface area (Å²) in [4.78, 5) is 3.82. The number of aromatic nitrogens is 1. The number of rotatable bonds is 1. The van der Waals surface area contributed by atoms with Crippen LogP contribution in [0.25, 0.3) is 10.2 Å². The van der Waals surface area contributed by atoms with E-state index in [2.05, 4.69) is 4.98 Å². The summed E-state index contributed by atoms with van der Waals surface area (Å²) in [5.74, 6) is 0. The molecule has 0 N–H and O–H groups in total. The van der Waals surface area contributed by atoms with Crippen molar-refractivity contribution in [3.8, 4) is 0 Å². The molecular weight excluding hydrogens is 237 g/mol. The first-order valence-electron chi connectivity index (χ1n) is 3.60. The number of thiazole rings is 1. The van der Waals surface area contributed by atoms with E-state index in [1.807, 2.05) is 0 Å². The monoisotopic (exact) mass is 241 g/mol. The molecule has 0 unspecified atom stereocenters. The van der Waals surface area contributed by atoms with Crippen LogP contribution in [0.1, 0.15) is 0 Å². The fraction of sp³-hybridized carbons (Fsp3) is 0. The van der Waals surface area contributed by atoms with Gasteiger partial charge in [-0.05, 0) is 6.07 Å². The van der Waals surface area contributed by atoms with Gasteiger partial charge in [-0.25, -0.2) is 4.98 Å². The molecular formula is C7H4BF3KNS. The van der Waals surface area contributed by atoms with Crippen molar-refractivity contribution in [3.05, 3.63) is 23.7 Å². The van der Waals surface area contributed by atoms with E-state index in [4.69, 9.17) is 0 Å². The Morgan fingerprint density at radius 2 is 1.93 bits per heavy atom. The Morgan fingerprint density at radius 1 is 1.21 bits per heavy atom. The van der Waals surface area contributed by atoms with E-state index in [1.54, 1.807) is 0 Å². The maximum atomic E-state index is 12.3. The van der Waals surface area contributed by atoms with Gasteiger partial charge in [0.2, 0.25) is 0 Å². The maximum Gasteiger partial charge on any atom is 1.00 e. The number of fused-ring (bicyclic) bond motifs is 1. The summed E-state index contributed by atoms with van der Waals surface area (Å²) in [6.07, 6.45) is 0. The number of hydrogen-bond donors (Lipinski definition) is 0. The van der Waals surface area contributed by atoms with Crippen molar-refractivity contribution in [2.24, 2.45) is 0 Å². The molecule has 1 aromatic carbocycles. The van der Waals surface area contributed by atoms with Gasteiger partial charge in [-0.15, -0.1) is 16.8 Å². The first-order valence-corrected chi connectivity index (χ1v) is 4.48. The van der Waals surface area contributed by atoms with E-state index in [1.165, 1.54) is 22.9 Å². The van der Waals surface area contributed by atoms with Gasteiger partial charge in [-0.2, -0.15) is 0 Å². The Morgan fingerprint density at radius 3 is 2.57 bits per heavy atom. The van der Waals surface area contributed by atoms with Crippen LogP contribution in [0.5, 0.6) is 0 Å². The van der Waals surface area contributed by atoms with Crippen LogP contribution in [0.15, 0.2) is 23.7 Å². The summed E-state index contributed by atoms with van der Waals surface area (Å²) in [6, 6.07) is 3.64. The second-order valence-electron chi connectivity index (χ2n) is 2.65. The standard InChI is InChI=1S/C7H4BF3NS.K/c9-8(10,11)5-1-2-7-6(3-5)12-4-13-7;/h1-4H;/q-1;+1. The van der Waals surface area contributed by atoms with Gasteiger partial charge >= 0.3 is 58.4 Å². The first-order chi connectivity index (χ1) is 6.07. The molecule has 7 heteroatoms. The zero-order chi connectivity index (χ0) is 9.47. The van der Waals surface area contributed by atoms with Gasteiger partial charge < -0.3 is 12.9 Å². The predicted octanol–water partition coefficient (Wildman–Crippen LogP) is -0.645. The predicted molar refractivity (Wildman–Crippen MR) is 48.3 cm³/mol. The van der Waals surface area contributed by atoms with Crippen LogP contribution in [-0.2, 0) is 0 Å². The summed E-state index contributed by atoms with van der Waals surface area (Å²) in [7, 11) is 0. The average molecular weight is 241 g/mol. The molecule has 1 heterocycles. The maximum absolute atomic E-state index is 12.3. The molecule has 2 aromatic rings. The van der Waals surface area contributed by atoms with Crippen molar-refractivity contribution < 1.29 is 64.3 Å². The first kappa shape index (κ1) is 12.7. The van der Waals surface area contributed by atoms with Crippen LogP contribution < -0.4 is 56.8 Å². The molecule has 68 valence electrons. The van der Waals surface area contributed by atoms with E-state index >= 15 is 0 Å². The van der Waals surface area contributed by atoms with Crippen LogP contribution >= 0.6 is 11.3 Å². The second kappa shape index (κ2) is 4.63. The second-order valence-corrected chi connectivity index (χ2v) is 3.54. The summed E-state index contributed by atoms with van der Waals surface area (Å²) in [5, 5.41) is 0. The van der Waals surface area contributed by atoms with E-state index in [0.717, 1.165) is 16.8 Å². The molecule has 1 nitrogen and oxygen atoms in total. The number of halogens is 3. The van der Waals surface area contributed by atoms with Gasteiger partial charge in [0, 0.05) is 0 Å². The van der Waals surface area contributed by atoms with Gasteiger partial charge in [0.1, 0.15) is 0 Å². The summed E-state index contributed by atoms with van der Waals surface area (Å²) >= 11 is 1.34. The molecule has 0 aliphatic heterocycles. The minimum atomic E-state index is -4.90. The van der Waals surface area contributed by atoms with E-state index < -0.39 is 12.4 Å². The topological polar surface area (TPSA) is 12.9 Å². The molecule has 0 radical (unpaired) electrons. The third-order valence-corrected chi connectivity index (χ3v) is 2.54. The van der Waals surface area contributed by atoms with Crippen LogP contribution in [0.3, 0.4) is 0 Å². The van der Waals surface area contributed by atoms with Gasteiger partial charge in [-0.1, -0.05) is 12.1 Å². The fourth-order valence-electron chi connectivity index (χ4n) is 1.08. The Kier molecular flexibility index (Phi) is 4.19. The molecule has 0 bridgehead atoms. The Labute approximate surface area is 125 Å². The van der Waals surface area contributed by atoms with Crippen LogP contribution in [0.2, 0.25) is 0 Å². The quantitative estimate of drug-likeness (QED) is 0.605. The molecule has 1 aromatic heterocycles. The van der Waals surface area contributed by atoms with E-state index in [9.17, 15) is 12.9 Å². The van der Waals surface area contributed by atoms with Gasteiger partial charge in [-0.3, -0.25) is 0 Å². The van der Waals surface area contributed by atoms with Crippen molar-refractivity contribution in [2.75, 3.05) is 0 Å². The molecule has 0 saturated carbocycles. The van der Waals surface area contributed by atoms with Gasteiger partial charge in [0.25, 0.3) is 0 Å². The SMILES string of the molecule is F[B-](F)(F)c1ccc2scnc2c1.[K+]. The Bertz CT molecular complexity index is 442. The van der Waals surface area contributed by atoms with Crippen molar-refractivity contribution in [1.29, 1.82) is 0 Å². The van der Waals surface area contributed by atoms with E-state index in [0.29, 0.717) is 5.52 Å². The summed E-state index contributed by atoms with van der Waals surface area (Å²) in [6.45, 7) is -4.90. The van der Waals surface area contributed by atoms with Crippen molar-refractivity contribution >= 4 is 34.0 Å². The zero-order valence-electron chi connectivity index (χ0n) is 7.38. The molecule has 0 aliphatic rings. The fourth-order valence-corrected chi connectivity index (χ4v) is 1.74. The summed E-state index contributed by atoms with van der Waals surface area (Å²) in [5.41, 5.74) is 1.37. The molecule has 0 atom stereocenters. The van der Waals surface area contributed by atoms with Crippen molar-refractivity contribution in [1.82, 2.24) is 4.98 Å². The normalized spacial score (nSPS) is 11.4.